The number of rotatable bonds is 4. The maximum atomic E-state index is 12.6. The lowest BCUT2D eigenvalue weighted by Crippen LogP contribution is -2.56. The highest BCUT2D eigenvalue weighted by Gasteiger charge is 2.33. The van der Waals surface area contributed by atoms with Gasteiger partial charge in [-0.25, -0.2) is 0 Å². The normalized spacial score (nSPS) is 19.9. The molecule has 0 aromatic heterocycles. The van der Waals surface area contributed by atoms with Crippen LogP contribution in [0.2, 0.25) is 0 Å². The summed E-state index contributed by atoms with van der Waals surface area (Å²) in [7, 11) is 1.60. The summed E-state index contributed by atoms with van der Waals surface area (Å²) < 4.78 is 0. The van der Waals surface area contributed by atoms with E-state index < -0.39 is 6.04 Å². The Morgan fingerprint density at radius 1 is 1.33 bits per heavy atom. The van der Waals surface area contributed by atoms with Crippen molar-refractivity contribution in [1.29, 1.82) is 0 Å². The Balaban J connectivity index is 2.04. The predicted octanol–water partition coefficient (Wildman–Crippen LogP) is 0.684. The fourth-order valence-corrected chi connectivity index (χ4v) is 2.80. The lowest BCUT2D eigenvalue weighted by Gasteiger charge is -2.36. The second-order valence-electron chi connectivity index (χ2n) is 5.45. The number of nitrogens with zero attached hydrogens (tertiary/aromatic N) is 1. The molecule has 1 fully saturated rings. The van der Waals surface area contributed by atoms with Crippen molar-refractivity contribution >= 4 is 11.8 Å². The molecular formula is C16H23N3O2. The smallest absolute Gasteiger partial charge is 0.242 e. The zero-order chi connectivity index (χ0) is 15.2. The molecule has 2 atom stereocenters. The largest absolute Gasteiger partial charge is 0.357 e. The van der Waals surface area contributed by atoms with Crippen LogP contribution in [0.1, 0.15) is 24.8 Å². The number of benzene rings is 1. The summed E-state index contributed by atoms with van der Waals surface area (Å²) in [5, 5.41) is 2.63. The molecular weight excluding hydrogens is 266 g/mol. The summed E-state index contributed by atoms with van der Waals surface area (Å²) in [4.78, 5) is 26.1. The zero-order valence-corrected chi connectivity index (χ0v) is 12.4. The van der Waals surface area contributed by atoms with E-state index >= 15 is 0 Å². The van der Waals surface area contributed by atoms with Gasteiger partial charge in [-0.3, -0.25) is 9.59 Å². The number of nitrogens with two attached hydrogens (primary N) is 1. The minimum Gasteiger partial charge on any atom is -0.357 e. The van der Waals surface area contributed by atoms with Crippen molar-refractivity contribution < 1.29 is 9.59 Å². The highest BCUT2D eigenvalue weighted by molar-refractivity contribution is 5.90. The Labute approximate surface area is 125 Å². The van der Waals surface area contributed by atoms with Crippen molar-refractivity contribution in [3.8, 4) is 0 Å². The van der Waals surface area contributed by atoms with Gasteiger partial charge in [0.25, 0.3) is 0 Å². The Bertz CT molecular complexity index is 490. The van der Waals surface area contributed by atoms with Crippen molar-refractivity contribution in [3.05, 3.63) is 35.9 Å². The number of hydrogen-bond acceptors (Lipinski definition) is 3. The van der Waals surface area contributed by atoms with E-state index in [1.165, 1.54) is 0 Å². The minimum atomic E-state index is -0.599. The fraction of sp³-hybridized carbons (Fsp3) is 0.500. The molecule has 5 heteroatoms. The molecule has 0 saturated carbocycles. The maximum Gasteiger partial charge on any atom is 0.242 e. The summed E-state index contributed by atoms with van der Waals surface area (Å²) >= 11 is 0. The lowest BCUT2D eigenvalue weighted by molar-refractivity contribution is -0.143. The molecule has 5 nitrogen and oxygen atoms in total. The topological polar surface area (TPSA) is 75.4 Å². The molecule has 1 aliphatic heterocycles. The molecule has 2 unspecified atom stereocenters. The summed E-state index contributed by atoms with van der Waals surface area (Å²) in [6.07, 6.45) is 3.10. The first-order chi connectivity index (χ1) is 10.1. The molecule has 1 heterocycles. The van der Waals surface area contributed by atoms with Crippen LogP contribution in [0.4, 0.5) is 0 Å². The molecule has 2 rings (SSSR count). The number of carbonyl (C=O) groups excluding carboxylic acids is 2. The molecule has 0 aliphatic carbocycles. The number of likely N-dealkylation sites (N-methyl/N-ethyl adjacent to an activating group) is 1. The Hall–Kier alpha value is -1.88. The quantitative estimate of drug-likeness (QED) is 0.856. The number of carbonyl (C=O) groups is 2. The molecule has 21 heavy (non-hydrogen) atoms. The van der Waals surface area contributed by atoms with Crippen LogP contribution in [0.25, 0.3) is 0 Å². The minimum absolute atomic E-state index is 0.102. The van der Waals surface area contributed by atoms with Crippen molar-refractivity contribution in [2.45, 2.75) is 37.8 Å². The summed E-state index contributed by atoms with van der Waals surface area (Å²) in [6.45, 7) is 0.611. The monoisotopic (exact) mass is 289 g/mol. The molecule has 0 bridgehead atoms. The zero-order valence-electron chi connectivity index (χ0n) is 12.4. The van der Waals surface area contributed by atoms with Crippen molar-refractivity contribution in [2.75, 3.05) is 13.6 Å². The molecule has 1 aliphatic rings. The lowest BCUT2D eigenvalue weighted by atomic mass is 9.98. The van der Waals surface area contributed by atoms with Crippen molar-refractivity contribution in [3.63, 3.8) is 0 Å². The van der Waals surface area contributed by atoms with Crippen LogP contribution in [-0.4, -0.2) is 42.4 Å². The second-order valence-corrected chi connectivity index (χ2v) is 5.45. The van der Waals surface area contributed by atoms with Gasteiger partial charge in [-0.05, 0) is 31.2 Å². The van der Waals surface area contributed by atoms with Gasteiger partial charge < -0.3 is 16.0 Å². The Morgan fingerprint density at radius 2 is 2.05 bits per heavy atom. The van der Waals surface area contributed by atoms with Crippen LogP contribution in [0.15, 0.2) is 30.3 Å². The van der Waals surface area contributed by atoms with Crippen LogP contribution in [0.3, 0.4) is 0 Å². The van der Waals surface area contributed by atoms with E-state index in [9.17, 15) is 9.59 Å². The van der Waals surface area contributed by atoms with E-state index in [1.807, 2.05) is 30.3 Å². The van der Waals surface area contributed by atoms with Gasteiger partial charge in [0.2, 0.25) is 11.8 Å². The van der Waals surface area contributed by atoms with E-state index in [4.69, 9.17) is 5.73 Å². The highest BCUT2D eigenvalue weighted by atomic mass is 16.2. The van der Waals surface area contributed by atoms with Gasteiger partial charge in [-0.1, -0.05) is 30.3 Å². The molecule has 1 aromatic carbocycles. The summed E-state index contributed by atoms with van der Waals surface area (Å²) in [5.41, 5.74) is 7.10. The van der Waals surface area contributed by atoms with E-state index in [0.29, 0.717) is 19.4 Å². The van der Waals surface area contributed by atoms with Crippen LogP contribution >= 0.6 is 0 Å². The van der Waals surface area contributed by atoms with Gasteiger partial charge in [-0.2, -0.15) is 0 Å². The fourth-order valence-electron chi connectivity index (χ4n) is 2.80. The van der Waals surface area contributed by atoms with Crippen LogP contribution in [0.5, 0.6) is 0 Å². The number of hydrogen-bond donors (Lipinski definition) is 2. The van der Waals surface area contributed by atoms with Crippen molar-refractivity contribution in [2.24, 2.45) is 5.73 Å². The van der Waals surface area contributed by atoms with Crippen molar-refractivity contribution in [1.82, 2.24) is 10.2 Å². The summed E-state index contributed by atoms with van der Waals surface area (Å²) in [6, 6.07) is 8.74. The number of likely N-dealkylation sites (tertiary alicyclic amines) is 1. The molecule has 1 saturated heterocycles. The molecule has 3 N–H and O–H groups in total. The molecule has 2 amide bonds. The van der Waals surface area contributed by atoms with E-state index in [0.717, 1.165) is 18.4 Å². The molecule has 0 radical (unpaired) electrons. The Morgan fingerprint density at radius 3 is 2.71 bits per heavy atom. The van der Waals surface area contributed by atoms with Gasteiger partial charge in [0.05, 0.1) is 6.04 Å². The third kappa shape index (κ3) is 3.82. The average molecular weight is 289 g/mol. The van der Waals surface area contributed by atoms with Gasteiger partial charge in [0.1, 0.15) is 6.04 Å². The van der Waals surface area contributed by atoms with Gasteiger partial charge >= 0.3 is 0 Å². The molecule has 114 valence electrons. The standard InChI is InChI=1S/C16H23N3O2/c1-18-15(20)14-9-5-6-10-19(14)16(21)13(17)11-12-7-3-2-4-8-12/h2-4,7-8,13-14H,5-6,9-11,17H2,1H3,(H,18,20). The first-order valence-electron chi connectivity index (χ1n) is 7.45. The predicted molar refractivity (Wildman–Crippen MR) is 81.5 cm³/mol. The highest BCUT2D eigenvalue weighted by Crippen LogP contribution is 2.18. The first-order valence-corrected chi connectivity index (χ1v) is 7.45. The van der Waals surface area contributed by atoms with E-state index in [1.54, 1.807) is 11.9 Å². The SMILES string of the molecule is CNC(=O)C1CCCCN1C(=O)C(N)Cc1ccccc1. The number of piperidine rings is 1. The van der Waals surface area contributed by atoms with Gasteiger partial charge in [0, 0.05) is 13.6 Å². The number of nitrogens with one attached hydrogen (secondary N) is 1. The third-order valence-electron chi connectivity index (χ3n) is 3.95. The van der Waals surface area contributed by atoms with Gasteiger partial charge in [-0.15, -0.1) is 0 Å². The van der Waals surface area contributed by atoms with E-state index in [2.05, 4.69) is 5.32 Å². The van der Waals surface area contributed by atoms with Crippen LogP contribution < -0.4 is 11.1 Å². The number of amides is 2. The van der Waals surface area contributed by atoms with Crippen LogP contribution in [0, 0.1) is 0 Å². The van der Waals surface area contributed by atoms with Gasteiger partial charge in [0.15, 0.2) is 0 Å². The average Bonchev–Trinajstić information content (AvgIpc) is 2.54. The second kappa shape index (κ2) is 7.22. The molecule has 1 aromatic rings. The summed E-state index contributed by atoms with van der Waals surface area (Å²) in [5.74, 6) is -0.234. The first kappa shape index (κ1) is 15.5. The molecule has 0 spiro atoms. The maximum absolute atomic E-state index is 12.6. The van der Waals surface area contributed by atoms with Crippen LogP contribution in [-0.2, 0) is 16.0 Å². The Kier molecular flexibility index (Phi) is 5.33. The third-order valence-corrected chi connectivity index (χ3v) is 3.95. The van der Waals surface area contributed by atoms with E-state index in [-0.39, 0.29) is 17.9 Å².